The Kier molecular flexibility index (Phi) is 4.50. The number of halogens is 1. The molecule has 4 nitrogen and oxygen atoms in total. The van der Waals surface area contributed by atoms with Crippen molar-refractivity contribution in [3.63, 3.8) is 0 Å². The topological polar surface area (TPSA) is 61.4 Å². The van der Waals surface area contributed by atoms with E-state index in [9.17, 15) is 4.79 Å². The van der Waals surface area contributed by atoms with Crippen molar-refractivity contribution in [1.82, 2.24) is 10.6 Å². The monoisotopic (exact) mass is 352 g/mol. The normalized spacial score (nSPS) is 31.7. The van der Waals surface area contributed by atoms with E-state index in [1.165, 1.54) is 12.0 Å². The lowest BCUT2D eigenvalue weighted by molar-refractivity contribution is 0.183. The summed E-state index contributed by atoms with van der Waals surface area (Å²) < 4.78 is 1.13. The van der Waals surface area contributed by atoms with E-state index in [1.54, 1.807) is 0 Å². The number of benzene rings is 1. The SMILES string of the molecule is O=C(O)N[C@H]1CC[C@@H](NC2CC2c2ccc(Br)cc2)CC1. The van der Waals surface area contributed by atoms with Crippen LogP contribution in [0.3, 0.4) is 0 Å². The van der Waals surface area contributed by atoms with Gasteiger partial charge in [0.2, 0.25) is 0 Å². The van der Waals surface area contributed by atoms with Crippen molar-refractivity contribution >= 4 is 22.0 Å². The Balaban J connectivity index is 1.43. The third-order valence-electron chi connectivity index (χ3n) is 4.59. The van der Waals surface area contributed by atoms with E-state index in [0.717, 1.165) is 30.2 Å². The van der Waals surface area contributed by atoms with E-state index < -0.39 is 6.09 Å². The van der Waals surface area contributed by atoms with Crippen LogP contribution in [0.1, 0.15) is 43.6 Å². The third kappa shape index (κ3) is 3.98. The quantitative estimate of drug-likeness (QED) is 0.777. The van der Waals surface area contributed by atoms with Gasteiger partial charge >= 0.3 is 6.09 Å². The molecule has 2 fully saturated rings. The van der Waals surface area contributed by atoms with Crippen molar-refractivity contribution in [2.75, 3.05) is 0 Å². The minimum absolute atomic E-state index is 0.141. The number of rotatable bonds is 4. The van der Waals surface area contributed by atoms with Crippen molar-refractivity contribution in [3.8, 4) is 0 Å². The van der Waals surface area contributed by atoms with Gasteiger partial charge in [-0.1, -0.05) is 28.1 Å². The van der Waals surface area contributed by atoms with E-state index in [-0.39, 0.29) is 6.04 Å². The molecule has 1 amide bonds. The molecule has 3 rings (SSSR count). The molecule has 1 aromatic carbocycles. The fourth-order valence-corrected chi connectivity index (χ4v) is 3.60. The summed E-state index contributed by atoms with van der Waals surface area (Å²) in [5, 5.41) is 15.1. The second-order valence-electron chi connectivity index (χ2n) is 6.16. The van der Waals surface area contributed by atoms with Crippen LogP contribution in [0.25, 0.3) is 0 Å². The Hall–Kier alpha value is -1.07. The fraction of sp³-hybridized carbons (Fsp3) is 0.562. The first-order valence-electron chi connectivity index (χ1n) is 7.63. The first-order valence-corrected chi connectivity index (χ1v) is 8.42. The van der Waals surface area contributed by atoms with Crippen LogP contribution in [0.15, 0.2) is 28.7 Å². The van der Waals surface area contributed by atoms with Gasteiger partial charge < -0.3 is 15.7 Å². The summed E-state index contributed by atoms with van der Waals surface area (Å²) in [6.07, 6.45) is 4.33. The van der Waals surface area contributed by atoms with Gasteiger partial charge in [-0.25, -0.2) is 4.79 Å². The average molecular weight is 353 g/mol. The lowest BCUT2D eigenvalue weighted by Crippen LogP contribution is -2.42. The van der Waals surface area contributed by atoms with Crippen LogP contribution in [0, 0.1) is 0 Å². The maximum absolute atomic E-state index is 10.6. The van der Waals surface area contributed by atoms with Crippen molar-refractivity contribution in [3.05, 3.63) is 34.3 Å². The van der Waals surface area contributed by atoms with Crippen LogP contribution in [-0.2, 0) is 0 Å². The Bertz CT molecular complexity index is 498. The highest BCUT2D eigenvalue weighted by Crippen LogP contribution is 2.42. The maximum Gasteiger partial charge on any atom is 0.404 e. The third-order valence-corrected chi connectivity index (χ3v) is 5.12. The van der Waals surface area contributed by atoms with Crippen molar-refractivity contribution in [2.24, 2.45) is 0 Å². The van der Waals surface area contributed by atoms with E-state index in [0.29, 0.717) is 18.0 Å². The molecule has 0 saturated heterocycles. The summed E-state index contributed by atoms with van der Waals surface area (Å²) in [5.74, 6) is 0.646. The summed E-state index contributed by atoms with van der Waals surface area (Å²) in [5.41, 5.74) is 1.41. The van der Waals surface area contributed by atoms with Crippen molar-refractivity contribution in [2.45, 2.75) is 56.1 Å². The number of carboxylic acid groups (broad SMARTS) is 1. The average Bonchev–Trinajstić information content (AvgIpc) is 3.20. The summed E-state index contributed by atoms with van der Waals surface area (Å²) >= 11 is 3.47. The van der Waals surface area contributed by atoms with Crippen LogP contribution < -0.4 is 10.6 Å². The van der Waals surface area contributed by atoms with E-state index in [1.807, 2.05) is 0 Å². The molecule has 21 heavy (non-hydrogen) atoms. The Morgan fingerprint density at radius 1 is 1.10 bits per heavy atom. The van der Waals surface area contributed by atoms with Crippen LogP contribution in [0.2, 0.25) is 0 Å². The zero-order valence-electron chi connectivity index (χ0n) is 11.9. The van der Waals surface area contributed by atoms with Gasteiger partial charge in [0.15, 0.2) is 0 Å². The van der Waals surface area contributed by atoms with E-state index in [4.69, 9.17) is 5.11 Å². The van der Waals surface area contributed by atoms with Gasteiger partial charge in [-0.2, -0.15) is 0 Å². The predicted octanol–water partition coefficient (Wildman–Crippen LogP) is 3.47. The minimum Gasteiger partial charge on any atom is -0.465 e. The fourth-order valence-electron chi connectivity index (χ4n) is 3.34. The minimum atomic E-state index is -0.899. The summed E-state index contributed by atoms with van der Waals surface area (Å²) in [6.45, 7) is 0. The van der Waals surface area contributed by atoms with Gasteiger partial charge in [-0.3, -0.25) is 0 Å². The highest BCUT2D eigenvalue weighted by Gasteiger charge is 2.39. The molecule has 0 aliphatic heterocycles. The molecule has 0 bridgehead atoms. The van der Waals surface area contributed by atoms with Crippen molar-refractivity contribution < 1.29 is 9.90 Å². The molecule has 114 valence electrons. The van der Waals surface area contributed by atoms with Gasteiger partial charge in [0.05, 0.1) is 0 Å². The highest BCUT2D eigenvalue weighted by molar-refractivity contribution is 9.10. The van der Waals surface area contributed by atoms with Gasteiger partial charge in [-0.05, 0) is 49.8 Å². The van der Waals surface area contributed by atoms with E-state index in [2.05, 4.69) is 50.8 Å². The number of carbonyl (C=O) groups is 1. The number of amides is 1. The van der Waals surface area contributed by atoms with Gasteiger partial charge in [-0.15, -0.1) is 0 Å². The standard InChI is InChI=1S/C16H21BrN2O2/c17-11-3-1-10(2-4-11)14-9-15(14)18-12-5-7-13(8-6-12)19-16(20)21/h1-4,12-15,18-19H,5-9H2,(H,20,21)/t12-,13+,14?,15?. The smallest absolute Gasteiger partial charge is 0.404 e. The largest absolute Gasteiger partial charge is 0.465 e. The summed E-state index contributed by atoms with van der Waals surface area (Å²) in [7, 11) is 0. The van der Waals surface area contributed by atoms with E-state index >= 15 is 0 Å². The lowest BCUT2D eigenvalue weighted by atomic mass is 9.91. The zero-order chi connectivity index (χ0) is 14.8. The number of nitrogens with one attached hydrogen (secondary N) is 2. The molecule has 2 unspecified atom stereocenters. The van der Waals surface area contributed by atoms with Crippen LogP contribution in [-0.4, -0.2) is 29.3 Å². The molecular weight excluding hydrogens is 332 g/mol. The number of hydrogen-bond acceptors (Lipinski definition) is 2. The van der Waals surface area contributed by atoms with Gasteiger partial charge in [0.25, 0.3) is 0 Å². The molecule has 2 aliphatic carbocycles. The van der Waals surface area contributed by atoms with Gasteiger partial charge in [0, 0.05) is 28.5 Å². The Morgan fingerprint density at radius 2 is 1.71 bits per heavy atom. The lowest BCUT2D eigenvalue weighted by Gasteiger charge is -2.29. The molecule has 2 atom stereocenters. The number of hydrogen-bond donors (Lipinski definition) is 3. The predicted molar refractivity (Wildman–Crippen MR) is 85.6 cm³/mol. The summed E-state index contributed by atoms with van der Waals surface area (Å²) in [6, 6.07) is 9.89. The Labute approximate surface area is 133 Å². The van der Waals surface area contributed by atoms with Gasteiger partial charge in [0.1, 0.15) is 0 Å². The molecule has 0 spiro atoms. The first-order chi connectivity index (χ1) is 10.1. The molecule has 0 radical (unpaired) electrons. The Morgan fingerprint density at radius 3 is 2.33 bits per heavy atom. The van der Waals surface area contributed by atoms with Crippen LogP contribution >= 0.6 is 15.9 Å². The molecule has 1 aromatic rings. The van der Waals surface area contributed by atoms with Crippen LogP contribution in [0.5, 0.6) is 0 Å². The molecule has 3 N–H and O–H groups in total. The highest BCUT2D eigenvalue weighted by atomic mass is 79.9. The molecule has 2 saturated carbocycles. The molecule has 0 heterocycles. The zero-order valence-corrected chi connectivity index (χ0v) is 13.5. The maximum atomic E-state index is 10.6. The second kappa shape index (κ2) is 6.36. The van der Waals surface area contributed by atoms with Crippen LogP contribution in [0.4, 0.5) is 4.79 Å². The molecule has 0 aromatic heterocycles. The summed E-state index contributed by atoms with van der Waals surface area (Å²) in [4.78, 5) is 10.6. The second-order valence-corrected chi connectivity index (χ2v) is 7.08. The first kappa shape index (κ1) is 14.9. The molecule has 2 aliphatic rings. The van der Waals surface area contributed by atoms with Crippen molar-refractivity contribution in [1.29, 1.82) is 0 Å². The molecule has 5 heteroatoms. The molecular formula is C16H21BrN2O2.